The molecular weight excluding hydrogens is 342 g/mol. The molecule has 1 amide bonds. The van der Waals surface area contributed by atoms with Crippen molar-refractivity contribution in [1.29, 1.82) is 0 Å². The summed E-state index contributed by atoms with van der Waals surface area (Å²) >= 11 is 3.37. The van der Waals surface area contributed by atoms with Gasteiger partial charge in [-0.25, -0.2) is 0 Å². The van der Waals surface area contributed by atoms with Crippen LogP contribution in [-0.2, 0) is 6.54 Å². The number of hydrogen-bond acceptors (Lipinski definition) is 2. The van der Waals surface area contributed by atoms with E-state index in [0.29, 0.717) is 12.1 Å². The van der Waals surface area contributed by atoms with Gasteiger partial charge in [0, 0.05) is 28.1 Å². The lowest BCUT2D eigenvalue weighted by atomic mass is 10.1. The van der Waals surface area contributed by atoms with Gasteiger partial charge in [0.25, 0.3) is 5.91 Å². The van der Waals surface area contributed by atoms with E-state index in [-0.39, 0.29) is 5.91 Å². The molecule has 0 radical (unpaired) electrons. The van der Waals surface area contributed by atoms with E-state index in [9.17, 15) is 4.79 Å². The summed E-state index contributed by atoms with van der Waals surface area (Å²) in [7, 11) is 0. The van der Waals surface area contributed by atoms with Gasteiger partial charge in [-0.3, -0.25) is 9.48 Å². The number of anilines is 1. The van der Waals surface area contributed by atoms with Crippen LogP contribution >= 0.6 is 15.9 Å². The molecule has 0 unspecified atom stereocenters. The third-order valence-electron chi connectivity index (χ3n) is 3.18. The fourth-order valence-corrected chi connectivity index (χ4v) is 2.56. The normalized spacial score (nSPS) is 10.4. The maximum atomic E-state index is 12.2. The summed E-state index contributed by atoms with van der Waals surface area (Å²) in [6, 6.07) is 17.0. The first kappa shape index (κ1) is 14.5. The van der Waals surface area contributed by atoms with Gasteiger partial charge in [-0.2, -0.15) is 5.10 Å². The fourth-order valence-electron chi connectivity index (χ4n) is 2.16. The molecule has 0 aliphatic rings. The first-order valence-corrected chi connectivity index (χ1v) is 7.63. The molecule has 1 heterocycles. The Labute approximate surface area is 136 Å². The minimum atomic E-state index is -0.127. The van der Waals surface area contributed by atoms with E-state index in [1.165, 1.54) is 0 Å². The van der Waals surface area contributed by atoms with Gasteiger partial charge in [-0.05, 0) is 42.0 Å². The van der Waals surface area contributed by atoms with Crippen molar-refractivity contribution in [2.24, 2.45) is 0 Å². The van der Waals surface area contributed by atoms with Crippen LogP contribution in [0, 0.1) is 0 Å². The standard InChI is InChI=1S/C17H14BrN3O/c18-15-6-2-5-14(11-15)17(22)20-16-7-1-4-13(10-16)12-21-9-3-8-19-21/h1-11H,12H2,(H,20,22). The van der Waals surface area contributed by atoms with E-state index < -0.39 is 0 Å². The van der Waals surface area contributed by atoms with Crippen molar-refractivity contribution in [3.05, 3.63) is 82.6 Å². The van der Waals surface area contributed by atoms with Gasteiger partial charge >= 0.3 is 0 Å². The van der Waals surface area contributed by atoms with Crippen LogP contribution in [0.1, 0.15) is 15.9 Å². The predicted molar refractivity (Wildman–Crippen MR) is 89.9 cm³/mol. The van der Waals surface area contributed by atoms with Crippen LogP contribution in [0.2, 0.25) is 0 Å². The van der Waals surface area contributed by atoms with Gasteiger partial charge in [0.05, 0.1) is 6.54 Å². The molecule has 0 spiro atoms. The number of halogens is 1. The number of nitrogens with one attached hydrogen (secondary N) is 1. The number of hydrogen-bond donors (Lipinski definition) is 1. The summed E-state index contributed by atoms with van der Waals surface area (Å²) in [5, 5.41) is 7.10. The minimum absolute atomic E-state index is 0.127. The Balaban J connectivity index is 1.74. The lowest BCUT2D eigenvalue weighted by Crippen LogP contribution is -2.12. The van der Waals surface area contributed by atoms with E-state index in [1.807, 2.05) is 53.3 Å². The van der Waals surface area contributed by atoms with E-state index in [0.717, 1.165) is 15.7 Å². The van der Waals surface area contributed by atoms with Gasteiger partial charge in [-0.1, -0.05) is 34.1 Å². The molecule has 110 valence electrons. The molecule has 0 bridgehead atoms. The van der Waals surface area contributed by atoms with Crippen molar-refractivity contribution >= 4 is 27.5 Å². The number of nitrogens with zero attached hydrogens (tertiary/aromatic N) is 2. The largest absolute Gasteiger partial charge is 0.322 e. The summed E-state index contributed by atoms with van der Waals surface area (Å²) in [6.45, 7) is 0.674. The minimum Gasteiger partial charge on any atom is -0.322 e. The van der Waals surface area contributed by atoms with E-state index >= 15 is 0 Å². The Morgan fingerprint density at radius 3 is 2.77 bits per heavy atom. The molecule has 3 aromatic rings. The number of carbonyl (C=O) groups is 1. The van der Waals surface area contributed by atoms with Crippen LogP contribution in [0.4, 0.5) is 5.69 Å². The molecule has 0 aliphatic heterocycles. The maximum absolute atomic E-state index is 12.2. The second-order valence-corrected chi connectivity index (χ2v) is 5.78. The summed E-state index contributed by atoms with van der Waals surface area (Å²) in [6.07, 6.45) is 3.66. The highest BCUT2D eigenvalue weighted by molar-refractivity contribution is 9.10. The highest BCUT2D eigenvalue weighted by Gasteiger charge is 2.07. The molecule has 0 fully saturated rings. The number of benzene rings is 2. The molecule has 1 N–H and O–H groups in total. The molecule has 0 saturated carbocycles. The van der Waals surface area contributed by atoms with Gasteiger partial charge in [0.2, 0.25) is 0 Å². The van der Waals surface area contributed by atoms with Crippen LogP contribution < -0.4 is 5.32 Å². The smallest absolute Gasteiger partial charge is 0.255 e. The summed E-state index contributed by atoms with van der Waals surface area (Å²) < 4.78 is 2.72. The Kier molecular flexibility index (Phi) is 4.34. The maximum Gasteiger partial charge on any atom is 0.255 e. The zero-order chi connectivity index (χ0) is 15.4. The molecule has 0 atom stereocenters. The second kappa shape index (κ2) is 6.58. The highest BCUT2D eigenvalue weighted by atomic mass is 79.9. The first-order valence-electron chi connectivity index (χ1n) is 6.84. The topological polar surface area (TPSA) is 46.9 Å². The molecule has 0 aliphatic carbocycles. The van der Waals surface area contributed by atoms with Gasteiger partial charge in [0.1, 0.15) is 0 Å². The van der Waals surface area contributed by atoms with Crippen LogP contribution in [0.15, 0.2) is 71.5 Å². The van der Waals surface area contributed by atoms with Crippen LogP contribution in [0.5, 0.6) is 0 Å². The average molecular weight is 356 g/mol. The third-order valence-corrected chi connectivity index (χ3v) is 3.67. The van der Waals surface area contributed by atoms with Crippen LogP contribution in [-0.4, -0.2) is 15.7 Å². The van der Waals surface area contributed by atoms with Gasteiger partial charge in [-0.15, -0.1) is 0 Å². The fraction of sp³-hybridized carbons (Fsp3) is 0.0588. The Bertz CT molecular complexity index is 784. The van der Waals surface area contributed by atoms with Crippen LogP contribution in [0.3, 0.4) is 0 Å². The molecule has 5 heteroatoms. The Morgan fingerprint density at radius 2 is 2.00 bits per heavy atom. The average Bonchev–Trinajstić information content (AvgIpc) is 3.00. The molecule has 22 heavy (non-hydrogen) atoms. The number of carbonyl (C=O) groups excluding carboxylic acids is 1. The van der Waals surface area contributed by atoms with Gasteiger partial charge in [0.15, 0.2) is 0 Å². The van der Waals surface area contributed by atoms with Gasteiger partial charge < -0.3 is 5.32 Å². The zero-order valence-electron chi connectivity index (χ0n) is 11.7. The molecule has 2 aromatic carbocycles. The Morgan fingerprint density at radius 1 is 1.14 bits per heavy atom. The van der Waals surface area contributed by atoms with E-state index in [1.54, 1.807) is 18.3 Å². The lowest BCUT2D eigenvalue weighted by Gasteiger charge is -2.08. The SMILES string of the molecule is O=C(Nc1cccc(Cn2cccn2)c1)c1cccc(Br)c1. The number of aromatic nitrogens is 2. The molecule has 4 nitrogen and oxygen atoms in total. The second-order valence-electron chi connectivity index (χ2n) is 4.87. The third kappa shape index (κ3) is 3.62. The monoisotopic (exact) mass is 355 g/mol. The quantitative estimate of drug-likeness (QED) is 0.770. The summed E-state index contributed by atoms with van der Waals surface area (Å²) in [4.78, 5) is 12.2. The molecule has 3 rings (SSSR count). The summed E-state index contributed by atoms with van der Waals surface area (Å²) in [5.74, 6) is -0.127. The Hall–Kier alpha value is -2.40. The lowest BCUT2D eigenvalue weighted by molar-refractivity contribution is 0.102. The van der Waals surface area contributed by atoms with Crippen molar-refractivity contribution in [3.63, 3.8) is 0 Å². The van der Waals surface area contributed by atoms with Crippen molar-refractivity contribution in [3.8, 4) is 0 Å². The van der Waals surface area contributed by atoms with Crippen LogP contribution in [0.25, 0.3) is 0 Å². The van der Waals surface area contributed by atoms with E-state index in [2.05, 4.69) is 26.3 Å². The predicted octanol–water partition coefficient (Wildman–Crippen LogP) is 3.95. The van der Waals surface area contributed by atoms with Crippen molar-refractivity contribution in [2.45, 2.75) is 6.54 Å². The zero-order valence-corrected chi connectivity index (χ0v) is 13.3. The summed E-state index contributed by atoms with van der Waals surface area (Å²) in [5.41, 5.74) is 2.47. The molecule has 1 aromatic heterocycles. The molecule has 0 saturated heterocycles. The van der Waals surface area contributed by atoms with Crippen molar-refractivity contribution in [1.82, 2.24) is 9.78 Å². The number of rotatable bonds is 4. The van der Waals surface area contributed by atoms with Crippen molar-refractivity contribution in [2.75, 3.05) is 5.32 Å². The first-order chi connectivity index (χ1) is 10.7. The highest BCUT2D eigenvalue weighted by Crippen LogP contribution is 2.15. The van der Waals surface area contributed by atoms with E-state index in [4.69, 9.17) is 0 Å². The van der Waals surface area contributed by atoms with Crippen molar-refractivity contribution < 1.29 is 4.79 Å². The molecular formula is C17H14BrN3O. The number of amides is 1.